The molecule has 27 heavy (non-hydrogen) atoms. The van der Waals surface area contributed by atoms with Gasteiger partial charge in [-0.05, 0) is 31.6 Å². The summed E-state index contributed by atoms with van der Waals surface area (Å²) in [5.41, 5.74) is 0.144. The number of nitrogens with one attached hydrogen (secondary N) is 1. The molecule has 1 aromatic heterocycles. The molecule has 2 saturated heterocycles. The quantitative estimate of drug-likeness (QED) is 0.854. The van der Waals surface area contributed by atoms with E-state index in [4.69, 9.17) is 4.74 Å². The van der Waals surface area contributed by atoms with Crippen LogP contribution in [0, 0.1) is 5.92 Å². The van der Waals surface area contributed by atoms with Crippen LogP contribution in [0.1, 0.15) is 38.5 Å². The number of carbonyl (C=O) groups excluding carboxylic acids is 1. The summed E-state index contributed by atoms with van der Waals surface area (Å²) in [4.78, 5) is 21.6. The highest BCUT2D eigenvalue weighted by Crippen LogP contribution is 2.35. The number of amides is 2. The molecule has 1 atom stereocenters. The Bertz CT molecular complexity index is 594. The highest BCUT2D eigenvalue weighted by Gasteiger charge is 2.40. The number of ether oxygens (including phenoxy) is 1. The molecule has 7 nitrogen and oxygen atoms in total. The number of hydrogen-bond donors (Lipinski definition) is 1. The fourth-order valence-electron chi connectivity index (χ4n) is 5.12. The van der Waals surface area contributed by atoms with Crippen LogP contribution >= 0.6 is 0 Å². The van der Waals surface area contributed by atoms with Crippen molar-refractivity contribution in [2.24, 2.45) is 5.92 Å². The molecule has 1 aromatic rings. The van der Waals surface area contributed by atoms with Gasteiger partial charge in [-0.1, -0.05) is 12.8 Å². The first kappa shape index (κ1) is 18.7. The van der Waals surface area contributed by atoms with Crippen LogP contribution in [-0.2, 0) is 11.3 Å². The third kappa shape index (κ3) is 4.46. The number of hydrogen-bond acceptors (Lipinski definition) is 4. The van der Waals surface area contributed by atoms with Gasteiger partial charge in [0.25, 0.3) is 0 Å². The molecule has 0 radical (unpaired) electrons. The number of nitrogens with zero attached hydrogens (tertiary/aromatic N) is 4. The summed E-state index contributed by atoms with van der Waals surface area (Å²) in [6, 6.07) is 0.116. The molecule has 1 N–H and O–H groups in total. The Morgan fingerprint density at radius 1 is 1.19 bits per heavy atom. The number of morpholine rings is 1. The maximum atomic E-state index is 12.9. The number of aromatic nitrogens is 2. The van der Waals surface area contributed by atoms with Crippen molar-refractivity contribution in [1.29, 1.82) is 0 Å². The molecule has 2 aliphatic heterocycles. The Kier molecular flexibility index (Phi) is 5.98. The number of likely N-dealkylation sites (tertiary alicyclic amines) is 1. The van der Waals surface area contributed by atoms with E-state index in [1.165, 1.54) is 32.1 Å². The SMILES string of the molecule is O=C(NCC1(N2CCOCC2)CCCC1)N1CCC[C@H](Cn2ccnc2)C1. The minimum Gasteiger partial charge on any atom is -0.379 e. The van der Waals surface area contributed by atoms with Crippen molar-refractivity contribution in [2.45, 2.75) is 50.6 Å². The van der Waals surface area contributed by atoms with Crippen LogP contribution in [0.2, 0.25) is 0 Å². The van der Waals surface area contributed by atoms with Crippen molar-refractivity contribution in [3.05, 3.63) is 18.7 Å². The topological polar surface area (TPSA) is 62.6 Å². The molecule has 3 aliphatic rings. The van der Waals surface area contributed by atoms with E-state index in [1.807, 2.05) is 23.6 Å². The number of carbonyl (C=O) groups is 1. The molecule has 1 aliphatic carbocycles. The van der Waals surface area contributed by atoms with Gasteiger partial charge in [-0.15, -0.1) is 0 Å². The maximum Gasteiger partial charge on any atom is 0.317 e. The predicted octanol–water partition coefficient (Wildman–Crippen LogP) is 1.95. The second-order valence-corrected chi connectivity index (χ2v) is 8.40. The molecule has 0 aromatic carbocycles. The molecule has 0 unspecified atom stereocenters. The molecular formula is C20H33N5O2. The Morgan fingerprint density at radius 3 is 2.74 bits per heavy atom. The number of urea groups is 1. The van der Waals surface area contributed by atoms with Crippen LogP contribution in [0.5, 0.6) is 0 Å². The van der Waals surface area contributed by atoms with Gasteiger partial charge < -0.3 is 19.5 Å². The average Bonchev–Trinajstić information content (AvgIpc) is 3.40. The summed E-state index contributed by atoms with van der Waals surface area (Å²) >= 11 is 0. The van der Waals surface area contributed by atoms with E-state index in [1.54, 1.807) is 0 Å². The van der Waals surface area contributed by atoms with E-state index in [0.717, 1.165) is 58.9 Å². The van der Waals surface area contributed by atoms with Crippen LogP contribution in [0.15, 0.2) is 18.7 Å². The van der Waals surface area contributed by atoms with Gasteiger partial charge in [0.1, 0.15) is 0 Å². The summed E-state index contributed by atoms with van der Waals surface area (Å²) in [5, 5.41) is 3.30. The third-order valence-corrected chi connectivity index (χ3v) is 6.62. The zero-order valence-corrected chi connectivity index (χ0v) is 16.3. The van der Waals surface area contributed by atoms with E-state index in [-0.39, 0.29) is 11.6 Å². The van der Waals surface area contributed by atoms with Crippen LogP contribution in [0.25, 0.3) is 0 Å². The number of imidazole rings is 1. The summed E-state index contributed by atoms with van der Waals surface area (Å²) in [6.45, 7) is 7.05. The average molecular weight is 376 g/mol. The number of piperidine rings is 1. The van der Waals surface area contributed by atoms with Crippen molar-refractivity contribution in [1.82, 2.24) is 24.7 Å². The largest absolute Gasteiger partial charge is 0.379 e. The summed E-state index contributed by atoms with van der Waals surface area (Å²) in [6.07, 6.45) is 12.9. The van der Waals surface area contributed by atoms with Gasteiger partial charge in [0, 0.05) is 57.2 Å². The molecule has 2 amide bonds. The van der Waals surface area contributed by atoms with Crippen molar-refractivity contribution in [3.63, 3.8) is 0 Å². The Morgan fingerprint density at radius 2 is 2.00 bits per heavy atom. The van der Waals surface area contributed by atoms with Crippen LogP contribution in [0.4, 0.5) is 4.79 Å². The molecule has 4 rings (SSSR count). The minimum atomic E-state index is 0.116. The second kappa shape index (κ2) is 8.61. The van der Waals surface area contributed by atoms with Gasteiger partial charge in [-0.3, -0.25) is 4.90 Å². The lowest BCUT2D eigenvalue weighted by Crippen LogP contribution is -2.59. The molecule has 7 heteroatoms. The van der Waals surface area contributed by atoms with E-state index in [0.29, 0.717) is 5.92 Å². The lowest BCUT2D eigenvalue weighted by atomic mass is 9.94. The van der Waals surface area contributed by atoms with Gasteiger partial charge >= 0.3 is 6.03 Å². The van der Waals surface area contributed by atoms with Crippen LogP contribution in [0.3, 0.4) is 0 Å². The van der Waals surface area contributed by atoms with Crippen LogP contribution in [-0.4, -0.2) is 76.9 Å². The Hall–Kier alpha value is -1.60. The summed E-state index contributed by atoms with van der Waals surface area (Å²) in [7, 11) is 0. The van der Waals surface area contributed by atoms with Crippen molar-refractivity contribution >= 4 is 6.03 Å². The van der Waals surface area contributed by atoms with E-state index >= 15 is 0 Å². The smallest absolute Gasteiger partial charge is 0.317 e. The lowest BCUT2D eigenvalue weighted by molar-refractivity contribution is -0.0198. The second-order valence-electron chi connectivity index (χ2n) is 8.40. The molecule has 3 heterocycles. The van der Waals surface area contributed by atoms with Crippen molar-refractivity contribution < 1.29 is 9.53 Å². The first-order valence-electron chi connectivity index (χ1n) is 10.6. The fraction of sp³-hybridized carbons (Fsp3) is 0.800. The van der Waals surface area contributed by atoms with Gasteiger partial charge in [0.2, 0.25) is 0 Å². The first-order chi connectivity index (χ1) is 13.3. The van der Waals surface area contributed by atoms with E-state index < -0.39 is 0 Å². The van der Waals surface area contributed by atoms with E-state index in [2.05, 4.69) is 19.8 Å². The standard InChI is InChI=1S/C20H33N5O2/c26-19(24-8-3-4-18(15-24)14-23-9-7-21-17-23)22-16-20(5-1-2-6-20)25-10-12-27-13-11-25/h7,9,17-18H,1-6,8,10-16H2,(H,22,26)/t18-/m1/s1. The highest BCUT2D eigenvalue weighted by molar-refractivity contribution is 5.74. The molecule has 1 saturated carbocycles. The van der Waals surface area contributed by atoms with Crippen molar-refractivity contribution in [3.8, 4) is 0 Å². The zero-order valence-electron chi connectivity index (χ0n) is 16.3. The Balaban J connectivity index is 1.31. The van der Waals surface area contributed by atoms with Gasteiger partial charge in [-0.25, -0.2) is 9.78 Å². The molecule has 3 fully saturated rings. The normalized spacial score (nSPS) is 26.2. The molecular weight excluding hydrogens is 342 g/mol. The third-order valence-electron chi connectivity index (χ3n) is 6.62. The van der Waals surface area contributed by atoms with Crippen LogP contribution < -0.4 is 5.32 Å². The fourth-order valence-corrected chi connectivity index (χ4v) is 5.12. The number of rotatable bonds is 5. The first-order valence-corrected chi connectivity index (χ1v) is 10.6. The Labute approximate surface area is 162 Å². The van der Waals surface area contributed by atoms with Crippen molar-refractivity contribution in [2.75, 3.05) is 45.9 Å². The lowest BCUT2D eigenvalue weighted by Gasteiger charge is -2.44. The maximum absolute atomic E-state index is 12.9. The summed E-state index contributed by atoms with van der Waals surface area (Å²) < 4.78 is 7.66. The monoisotopic (exact) mass is 375 g/mol. The van der Waals surface area contributed by atoms with Gasteiger partial charge in [0.05, 0.1) is 19.5 Å². The predicted molar refractivity (Wildman–Crippen MR) is 104 cm³/mol. The molecule has 0 spiro atoms. The van der Waals surface area contributed by atoms with Gasteiger partial charge in [0.15, 0.2) is 0 Å². The minimum absolute atomic E-state index is 0.116. The highest BCUT2D eigenvalue weighted by atomic mass is 16.5. The van der Waals surface area contributed by atoms with Gasteiger partial charge in [-0.2, -0.15) is 0 Å². The zero-order chi connectivity index (χ0) is 18.5. The molecule has 0 bridgehead atoms. The summed E-state index contributed by atoms with van der Waals surface area (Å²) in [5.74, 6) is 0.512. The molecule has 150 valence electrons. The van der Waals surface area contributed by atoms with E-state index in [9.17, 15) is 4.79 Å².